The topological polar surface area (TPSA) is 33.2 Å². The van der Waals surface area contributed by atoms with E-state index in [-0.39, 0.29) is 11.3 Å². The normalized spacial score (nSPS) is 18.9. The lowest BCUT2D eigenvalue weighted by Gasteiger charge is -2.32. The van der Waals surface area contributed by atoms with Crippen molar-refractivity contribution in [3.8, 4) is 0 Å². The van der Waals surface area contributed by atoms with Gasteiger partial charge in [-0.15, -0.1) is 0 Å². The van der Waals surface area contributed by atoms with Crippen molar-refractivity contribution < 1.29 is 4.79 Å². The Kier molecular flexibility index (Phi) is 5.33. The minimum Gasteiger partial charge on any atom is -0.298 e. The Balaban J connectivity index is 1.65. The molecule has 1 aliphatic heterocycles. The van der Waals surface area contributed by atoms with Crippen LogP contribution in [0.25, 0.3) is 0 Å². The molecular weight excluding hydrogens is 308 g/mol. The van der Waals surface area contributed by atoms with Gasteiger partial charge in [-0.05, 0) is 48.1 Å². The molecule has 132 valence electrons. The molecule has 25 heavy (non-hydrogen) atoms. The Morgan fingerprint density at radius 1 is 1.12 bits per heavy atom. The Bertz CT molecular complexity index is 701. The van der Waals surface area contributed by atoms with Crippen LogP contribution in [-0.4, -0.2) is 28.8 Å². The summed E-state index contributed by atoms with van der Waals surface area (Å²) in [7, 11) is 0. The summed E-state index contributed by atoms with van der Waals surface area (Å²) >= 11 is 0. The van der Waals surface area contributed by atoms with E-state index in [1.54, 1.807) is 0 Å². The summed E-state index contributed by atoms with van der Waals surface area (Å²) in [6.07, 6.45) is 5.74. The van der Waals surface area contributed by atoms with E-state index in [9.17, 15) is 4.79 Å². The third kappa shape index (κ3) is 4.55. The first-order valence-corrected chi connectivity index (χ1v) is 9.19. The first-order chi connectivity index (χ1) is 11.9. The summed E-state index contributed by atoms with van der Waals surface area (Å²) in [6, 6.07) is 12.3. The number of hydrogen-bond acceptors (Lipinski definition) is 3. The lowest BCUT2D eigenvalue weighted by Crippen LogP contribution is -2.38. The van der Waals surface area contributed by atoms with E-state index in [1.165, 1.54) is 11.1 Å². The average molecular weight is 336 g/mol. The monoisotopic (exact) mass is 336 g/mol. The van der Waals surface area contributed by atoms with E-state index >= 15 is 0 Å². The van der Waals surface area contributed by atoms with Crippen LogP contribution in [-0.2, 0) is 12.0 Å². The molecule has 3 heteroatoms. The number of carbonyl (C=O) groups excluding carboxylic acids is 1. The summed E-state index contributed by atoms with van der Waals surface area (Å²) < 4.78 is 0. The van der Waals surface area contributed by atoms with Gasteiger partial charge in [-0.25, -0.2) is 0 Å². The molecule has 2 heterocycles. The molecular formula is C22H28N2O. The van der Waals surface area contributed by atoms with Crippen molar-refractivity contribution >= 4 is 5.78 Å². The van der Waals surface area contributed by atoms with Gasteiger partial charge in [0, 0.05) is 37.0 Å². The molecule has 0 spiro atoms. The number of likely N-dealkylation sites (tertiary alicyclic amines) is 1. The highest BCUT2D eigenvalue weighted by atomic mass is 16.1. The van der Waals surface area contributed by atoms with E-state index in [2.05, 4.69) is 54.9 Å². The van der Waals surface area contributed by atoms with Crippen LogP contribution in [0.3, 0.4) is 0 Å². The molecule has 1 saturated heterocycles. The Morgan fingerprint density at radius 3 is 2.44 bits per heavy atom. The molecule has 1 aromatic heterocycles. The number of ketones is 1. The molecule has 1 fully saturated rings. The van der Waals surface area contributed by atoms with Crippen molar-refractivity contribution in [2.45, 2.75) is 45.6 Å². The van der Waals surface area contributed by atoms with E-state index in [1.807, 2.05) is 24.5 Å². The Hall–Kier alpha value is -2.00. The van der Waals surface area contributed by atoms with Crippen LogP contribution in [0.1, 0.15) is 55.1 Å². The summed E-state index contributed by atoms with van der Waals surface area (Å²) in [6.45, 7) is 9.40. The standard InChI is InChI=1S/C22H28N2O/c1-22(2,3)20-8-6-18(7-9-20)21(25)19-5-4-14-24(16-19)15-17-10-12-23-13-11-17/h6-13,19H,4-5,14-16H2,1-3H3/t19-/m0/s1. The predicted molar refractivity (Wildman–Crippen MR) is 102 cm³/mol. The fraction of sp³-hybridized carbons (Fsp3) is 0.455. The summed E-state index contributed by atoms with van der Waals surface area (Å²) in [5.41, 5.74) is 3.50. The van der Waals surface area contributed by atoms with Gasteiger partial charge in [-0.3, -0.25) is 14.7 Å². The van der Waals surface area contributed by atoms with Gasteiger partial charge in [0.2, 0.25) is 0 Å². The zero-order valence-corrected chi connectivity index (χ0v) is 15.5. The second kappa shape index (κ2) is 7.49. The number of Topliss-reactive ketones (excluding diaryl/α,β-unsaturated/α-hetero) is 1. The van der Waals surface area contributed by atoms with Crippen molar-refractivity contribution in [1.29, 1.82) is 0 Å². The average Bonchev–Trinajstić information content (AvgIpc) is 2.61. The maximum Gasteiger partial charge on any atom is 0.167 e. The van der Waals surface area contributed by atoms with Gasteiger partial charge in [0.25, 0.3) is 0 Å². The lowest BCUT2D eigenvalue weighted by atomic mass is 9.85. The van der Waals surface area contributed by atoms with Crippen molar-refractivity contribution in [3.05, 3.63) is 65.5 Å². The summed E-state index contributed by atoms with van der Waals surface area (Å²) in [5.74, 6) is 0.399. The first kappa shape index (κ1) is 17.8. The van der Waals surface area contributed by atoms with Crippen molar-refractivity contribution in [3.63, 3.8) is 0 Å². The molecule has 0 N–H and O–H groups in total. The van der Waals surface area contributed by atoms with Gasteiger partial charge in [0.1, 0.15) is 0 Å². The molecule has 1 aliphatic rings. The Labute approximate surface area is 151 Å². The molecule has 0 aliphatic carbocycles. The van der Waals surface area contributed by atoms with Crippen LogP contribution in [0.15, 0.2) is 48.8 Å². The van der Waals surface area contributed by atoms with E-state index in [0.29, 0.717) is 5.78 Å². The SMILES string of the molecule is CC(C)(C)c1ccc(C(=O)[C@H]2CCCN(Cc3ccncc3)C2)cc1. The molecule has 0 bridgehead atoms. The molecule has 2 aromatic rings. The number of benzene rings is 1. The third-order valence-corrected chi connectivity index (χ3v) is 5.07. The molecule has 3 nitrogen and oxygen atoms in total. The molecule has 0 radical (unpaired) electrons. The van der Waals surface area contributed by atoms with Gasteiger partial charge in [-0.2, -0.15) is 0 Å². The van der Waals surface area contributed by atoms with Crippen LogP contribution < -0.4 is 0 Å². The van der Waals surface area contributed by atoms with Crippen molar-refractivity contribution in [2.75, 3.05) is 13.1 Å². The van der Waals surface area contributed by atoms with Crippen LogP contribution in [0, 0.1) is 5.92 Å². The van der Waals surface area contributed by atoms with Crippen LogP contribution in [0.5, 0.6) is 0 Å². The second-order valence-corrected chi connectivity index (χ2v) is 8.12. The molecule has 0 saturated carbocycles. The van der Waals surface area contributed by atoms with E-state index < -0.39 is 0 Å². The minimum absolute atomic E-state index is 0.107. The molecule has 1 atom stereocenters. The zero-order valence-electron chi connectivity index (χ0n) is 15.5. The number of hydrogen-bond donors (Lipinski definition) is 0. The number of pyridine rings is 1. The lowest BCUT2D eigenvalue weighted by molar-refractivity contribution is 0.0811. The van der Waals surface area contributed by atoms with Crippen LogP contribution >= 0.6 is 0 Å². The summed E-state index contributed by atoms with van der Waals surface area (Å²) in [4.78, 5) is 19.4. The minimum atomic E-state index is 0.107. The largest absolute Gasteiger partial charge is 0.298 e. The molecule has 0 unspecified atom stereocenters. The van der Waals surface area contributed by atoms with Gasteiger partial charge in [0.05, 0.1) is 0 Å². The second-order valence-electron chi connectivity index (χ2n) is 8.12. The quantitative estimate of drug-likeness (QED) is 0.772. The maximum atomic E-state index is 12.9. The number of rotatable bonds is 4. The molecule has 0 amide bonds. The maximum absolute atomic E-state index is 12.9. The smallest absolute Gasteiger partial charge is 0.167 e. The fourth-order valence-electron chi connectivity index (χ4n) is 3.53. The predicted octanol–water partition coefficient (Wildman–Crippen LogP) is 4.47. The number of carbonyl (C=O) groups is 1. The highest BCUT2D eigenvalue weighted by Crippen LogP contribution is 2.25. The van der Waals surface area contributed by atoms with Crippen LogP contribution in [0.2, 0.25) is 0 Å². The van der Waals surface area contributed by atoms with E-state index in [0.717, 1.165) is 38.0 Å². The first-order valence-electron chi connectivity index (χ1n) is 9.19. The van der Waals surface area contributed by atoms with Crippen molar-refractivity contribution in [1.82, 2.24) is 9.88 Å². The van der Waals surface area contributed by atoms with Crippen molar-refractivity contribution in [2.24, 2.45) is 5.92 Å². The third-order valence-electron chi connectivity index (χ3n) is 5.07. The van der Waals surface area contributed by atoms with Gasteiger partial charge < -0.3 is 0 Å². The summed E-state index contributed by atoms with van der Waals surface area (Å²) in [5, 5.41) is 0. The zero-order chi connectivity index (χ0) is 17.9. The molecule has 1 aromatic carbocycles. The highest BCUT2D eigenvalue weighted by molar-refractivity contribution is 5.98. The molecule has 3 rings (SSSR count). The fourth-order valence-corrected chi connectivity index (χ4v) is 3.53. The van der Waals surface area contributed by atoms with Gasteiger partial charge in [0.15, 0.2) is 5.78 Å². The number of piperidine rings is 1. The Morgan fingerprint density at radius 2 is 1.80 bits per heavy atom. The van der Waals surface area contributed by atoms with E-state index in [4.69, 9.17) is 0 Å². The van der Waals surface area contributed by atoms with Gasteiger partial charge in [-0.1, -0.05) is 45.0 Å². The van der Waals surface area contributed by atoms with Gasteiger partial charge >= 0.3 is 0 Å². The highest BCUT2D eigenvalue weighted by Gasteiger charge is 2.26. The van der Waals surface area contributed by atoms with Crippen LogP contribution in [0.4, 0.5) is 0 Å². The number of aromatic nitrogens is 1. The number of nitrogens with zero attached hydrogens (tertiary/aromatic N) is 2.